The summed E-state index contributed by atoms with van der Waals surface area (Å²) in [7, 11) is 0. The first-order valence-corrected chi connectivity index (χ1v) is 7.72. The second-order valence-corrected chi connectivity index (χ2v) is 5.41. The van der Waals surface area contributed by atoms with Crippen LogP contribution in [0.15, 0.2) is 35.1 Å². The van der Waals surface area contributed by atoms with Gasteiger partial charge in [0.25, 0.3) is 5.91 Å². The van der Waals surface area contributed by atoms with Gasteiger partial charge < -0.3 is 10.6 Å². The first-order valence-electron chi connectivity index (χ1n) is 7.34. The summed E-state index contributed by atoms with van der Waals surface area (Å²) in [6.45, 7) is 3.68. The second kappa shape index (κ2) is 7.74. The van der Waals surface area contributed by atoms with Crippen molar-refractivity contribution >= 4 is 23.4 Å². The van der Waals surface area contributed by atoms with E-state index in [-0.39, 0.29) is 18.1 Å². The lowest BCUT2D eigenvalue weighted by Crippen LogP contribution is -2.39. The van der Waals surface area contributed by atoms with Gasteiger partial charge in [0.15, 0.2) is 5.69 Å². The quantitative estimate of drug-likeness (QED) is 0.845. The van der Waals surface area contributed by atoms with E-state index >= 15 is 0 Å². The molecule has 2 N–H and O–H groups in total. The molecule has 0 spiro atoms. The Morgan fingerprint density at radius 3 is 2.62 bits per heavy atom. The van der Waals surface area contributed by atoms with E-state index in [0.29, 0.717) is 22.9 Å². The molecule has 0 aliphatic carbocycles. The maximum absolute atomic E-state index is 12.2. The van der Waals surface area contributed by atoms with Crippen molar-refractivity contribution in [2.24, 2.45) is 0 Å². The summed E-state index contributed by atoms with van der Waals surface area (Å²) in [4.78, 5) is 35.6. The molecule has 24 heavy (non-hydrogen) atoms. The molecule has 0 fully saturated rings. The van der Waals surface area contributed by atoms with Crippen LogP contribution in [-0.2, 0) is 4.79 Å². The highest BCUT2D eigenvalue weighted by Gasteiger charge is 2.16. The summed E-state index contributed by atoms with van der Waals surface area (Å²) in [6, 6.07) is 8.25. The number of nitrogens with one attached hydrogen (secondary N) is 2. The molecule has 0 aliphatic rings. The standard InChI is InChI=1S/C16H17ClN4O3/c1-3-18-14(23)9-19-16(24)15-13(22)8-10(2)21(20-15)12-7-5-4-6-11(12)17/h4-8H,3,9H2,1-2H3,(H,18,23)(H,19,24). The Kier molecular flexibility index (Phi) is 5.70. The summed E-state index contributed by atoms with van der Waals surface area (Å²) in [5, 5.41) is 9.46. The van der Waals surface area contributed by atoms with E-state index in [4.69, 9.17) is 11.6 Å². The average molecular weight is 349 g/mol. The molecule has 1 aromatic heterocycles. The van der Waals surface area contributed by atoms with Gasteiger partial charge in [0, 0.05) is 18.3 Å². The van der Waals surface area contributed by atoms with Crippen molar-refractivity contribution in [2.45, 2.75) is 13.8 Å². The number of likely N-dealkylation sites (N-methyl/N-ethyl adjacent to an activating group) is 1. The minimum absolute atomic E-state index is 0.228. The van der Waals surface area contributed by atoms with Gasteiger partial charge in [0.2, 0.25) is 11.3 Å². The highest BCUT2D eigenvalue weighted by atomic mass is 35.5. The molecule has 2 amide bonds. The molecular weight excluding hydrogens is 332 g/mol. The van der Waals surface area contributed by atoms with Crippen molar-refractivity contribution in [3.63, 3.8) is 0 Å². The van der Waals surface area contributed by atoms with Crippen molar-refractivity contribution < 1.29 is 9.59 Å². The molecule has 1 aromatic carbocycles. The number of carbonyl (C=O) groups excluding carboxylic acids is 2. The van der Waals surface area contributed by atoms with Gasteiger partial charge in [-0.15, -0.1) is 0 Å². The molecule has 2 aromatic rings. The molecule has 8 heteroatoms. The van der Waals surface area contributed by atoms with Gasteiger partial charge in [-0.1, -0.05) is 23.7 Å². The second-order valence-electron chi connectivity index (χ2n) is 5.00. The number of hydrogen-bond donors (Lipinski definition) is 2. The average Bonchev–Trinajstić information content (AvgIpc) is 2.54. The van der Waals surface area contributed by atoms with Gasteiger partial charge in [0.05, 0.1) is 17.3 Å². The zero-order chi connectivity index (χ0) is 17.7. The summed E-state index contributed by atoms with van der Waals surface area (Å²) in [6.07, 6.45) is 0. The van der Waals surface area contributed by atoms with Crippen molar-refractivity contribution in [3.05, 3.63) is 57.0 Å². The highest BCUT2D eigenvalue weighted by Crippen LogP contribution is 2.19. The highest BCUT2D eigenvalue weighted by molar-refractivity contribution is 6.32. The van der Waals surface area contributed by atoms with Crippen LogP contribution in [0.25, 0.3) is 5.69 Å². The zero-order valence-electron chi connectivity index (χ0n) is 13.3. The smallest absolute Gasteiger partial charge is 0.276 e. The minimum Gasteiger partial charge on any atom is -0.355 e. The maximum atomic E-state index is 12.2. The molecule has 0 bridgehead atoms. The van der Waals surface area contributed by atoms with Gasteiger partial charge in [-0.05, 0) is 26.0 Å². The molecule has 2 rings (SSSR count). The fourth-order valence-corrected chi connectivity index (χ4v) is 2.29. The van der Waals surface area contributed by atoms with Crippen molar-refractivity contribution in [1.29, 1.82) is 0 Å². The lowest BCUT2D eigenvalue weighted by atomic mass is 10.2. The molecular formula is C16H17ClN4O3. The lowest BCUT2D eigenvalue weighted by Gasteiger charge is -2.12. The SMILES string of the molecule is CCNC(=O)CNC(=O)c1nn(-c2ccccc2Cl)c(C)cc1=O. The number of para-hydroxylation sites is 1. The minimum atomic E-state index is -0.716. The van der Waals surface area contributed by atoms with Crippen LogP contribution < -0.4 is 16.1 Å². The Balaban J connectivity index is 2.33. The number of aromatic nitrogens is 2. The van der Waals surface area contributed by atoms with Gasteiger partial charge >= 0.3 is 0 Å². The Morgan fingerprint density at radius 1 is 1.25 bits per heavy atom. The van der Waals surface area contributed by atoms with Crippen LogP contribution in [0.1, 0.15) is 23.1 Å². The molecule has 0 atom stereocenters. The Hall–Kier alpha value is -2.67. The van der Waals surface area contributed by atoms with Crippen LogP contribution >= 0.6 is 11.6 Å². The van der Waals surface area contributed by atoms with Crippen LogP contribution in [-0.4, -0.2) is 34.7 Å². The topological polar surface area (TPSA) is 93.1 Å². The van der Waals surface area contributed by atoms with Gasteiger partial charge in [-0.25, -0.2) is 4.68 Å². The van der Waals surface area contributed by atoms with Crippen molar-refractivity contribution in [3.8, 4) is 5.69 Å². The van der Waals surface area contributed by atoms with E-state index in [1.165, 1.54) is 10.7 Å². The number of halogens is 1. The third-order valence-electron chi connectivity index (χ3n) is 3.19. The normalized spacial score (nSPS) is 10.3. The van der Waals surface area contributed by atoms with Gasteiger partial charge in [-0.3, -0.25) is 14.4 Å². The van der Waals surface area contributed by atoms with Gasteiger partial charge in [-0.2, -0.15) is 5.10 Å². The molecule has 0 saturated heterocycles. The number of carbonyl (C=O) groups is 2. The monoisotopic (exact) mass is 348 g/mol. The van der Waals surface area contributed by atoms with Crippen LogP contribution in [0.2, 0.25) is 5.02 Å². The van der Waals surface area contributed by atoms with E-state index in [1.54, 1.807) is 38.1 Å². The first kappa shape index (κ1) is 17.7. The predicted octanol–water partition coefficient (Wildman–Crippen LogP) is 1.06. The third kappa shape index (κ3) is 3.99. The summed E-state index contributed by atoms with van der Waals surface area (Å²) < 4.78 is 1.42. The predicted molar refractivity (Wildman–Crippen MR) is 90.6 cm³/mol. The molecule has 0 unspecified atom stereocenters. The molecule has 7 nitrogen and oxygen atoms in total. The van der Waals surface area contributed by atoms with Crippen molar-refractivity contribution in [1.82, 2.24) is 20.4 Å². The van der Waals surface area contributed by atoms with Gasteiger partial charge in [0.1, 0.15) is 0 Å². The first-order chi connectivity index (χ1) is 11.4. The van der Waals surface area contributed by atoms with E-state index in [9.17, 15) is 14.4 Å². The summed E-state index contributed by atoms with van der Waals surface area (Å²) >= 11 is 6.15. The van der Waals surface area contributed by atoms with Crippen LogP contribution in [0.3, 0.4) is 0 Å². The third-order valence-corrected chi connectivity index (χ3v) is 3.51. The number of rotatable bonds is 5. The fraction of sp³-hybridized carbons (Fsp3) is 0.250. The maximum Gasteiger partial charge on any atom is 0.276 e. The molecule has 0 radical (unpaired) electrons. The molecule has 126 valence electrons. The Morgan fingerprint density at radius 2 is 1.96 bits per heavy atom. The Bertz CT molecular complexity index is 832. The molecule has 1 heterocycles. The van der Waals surface area contributed by atoms with E-state index in [0.717, 1.165) is 0 Å². The van der Waals surface area contributed by atoms with Crippen LogP contribution in [0.5, 0.6) is 0 Å². The Labute approximate surface area is 143 Å². The fourth-order valence-electron chi connectivity index (χ4n) is 2.08. The van der Waals surface area contributed by atoms with E-state index in [1.807, 2.05) is 0 Å². The summed E-state index contributed by atoms with van der Waals surface area (Å²) in [5.74, 6) is -1.06. The zero-order valence-corrected chi connectivity index (χ0v) is 14.1. The lowest BCUT2D eigenvalue weighted by molar-refractivity contribution is -0.120. The molecule has 0 aliphatic heterocycles. The van der Waals surface area contributed by atoms with Crippen LogP contribution in [0.4, 0.5) is 0 Å². The number of nitrogens with zero attached hydrogens (tertiary/aromatic N) is 2. The number of hydrogen-bond acceptors (Lipinski definition) is 4. The number of aryl methyl sites for hydroxylation is 1. The largest absolute Gasteiger partial charge is 0.355 e. The summed E-state index contributed by atoms with van der Waals surface area (Å²) in [5.41, 5.74) is 0.261. The van der Waals surface area contributed by atoms with Crippen LogP contribution in [0, 0.1) is 6.92 Å². The molecule has 0 saturated carbocycles. The van der Waals surface area contributed by atoms with Crippen molar-refractivity contribution in [2.75, 3.05) is 13.1 Å². The van der Waals surface area contributed by atoms with E-state index < -0.39 is 11.3 Å². The number of amides is 2. The number of benzene rings is 1. The van der Waals surface area contributed by atoms with E-state index in [2.05, 4.69) is 15.7 Å².